The second kappa shape index (κ2) is 14.1. The van der Waals surface area contributed by atoms with E-state index in [2.05, 4.69) is 37.8 Å². The van der Waals surface area contributed by atoms with Crippen LogP contribution in [-0.2, 0) is 0 Å². The number of hydrogen-bond acceptors (Lipinski definition) is 3. The van der Waals surface area contributed by atoms with Gasteiger partial charge in [0.2, 0.25) is 0 Å². The highest BCUT2D eigenvalue weighted by Crippen LogP contribution is 2.11. The van der Waals surface area contributed by atoms with Crippen LogP contribution in [0.4, 0.5) is 0 Å². The summed E-state index contributed by atoms with van der Waals surface area (Å²) in [4.78, 5) is 2.55. The first-order valence-corrected chi connectivity index (χ1v) is 9.58. The Morgan fingerprint density at radius 1 is 1.00 bits per heavy atom. The van der Waals surface area contributed by atoms with Gasteiger partial charge in [-0.3, -0.25) is 0 Å². The Bertz CT molecular complexity index is 165. The fraction of sp³-hybridized carbons (Fsp3) is 1.00. The topological polar surface area (TPSA) is 3.24 Å². The maximum atomic E-state index is 4.24. The minimum absolute atomic E-state index is 0.774. The third-order valence-corrected chi connectivity index (χ3v) is 4.66. The van der Waals surface area contributed by atoms with E-state index in [1.54, 1.807) is 0 Å². The Labute approximate surface area is 125 Å². The lowest BCUT2D eigenvalue weighted by Gasteiger charge is -2.26. The zero-order valence-electron chi connectivity index (χ0n) is 12.7. The minimum atomic E-state index is 0.774. The molecule has 1 nitrogen and oxygen atoms in total. The van der Waals surface area contributed by atoms with Crippen LogP contribution < -0.4 is 0 Å². The molecule has 0 aromatic rings. The largest absolute Gasteiger partial charge is 0.303 e. The summed E-state index contributed by atoms with van der Waals surface area (Å²) in [6.45, 7) is 3.58. The van der Waals surface area contributed by atoms with Gasteiger partial charge in [0.15, 0.2) is 0 Å². The van der Waals surface area contributed by atoms with Crippen molar-refractivity contribution in [3.63, 3.8) is 0 Å². The van der Waals surface area contributed by atoms with Crippen LogP contribution in [-0.4, -0.2) is 42.3 Å². The fourth-order valence-electron chi connectivity index (χ4n) is 2.29. The molecular weight excluding hydrogens is 258 g/mol. The van der Waals surface area contributed by atoms with Crippen molar-refractivity contribution in [3.8, 4) is 0 Å². The Morgan fingerprint density at radius 2 is 1.56 bits per heavy atom. The Balaban J connectivity index is 3.36. The number of nitrogens with zero attached hydrogens (tertiary/aromatic N) is 1. The molecule has 0 aliphatic carbocycles. The van der Waals surface area contributed by atoms with Crippen LogP contribution in [0.15, 0.2) is 0 Å². The SMILES string of the molecule is CCC(CSC)N(C)CCCCCCCCCS. The van der Waals surface area contributed by atoms with Crippen LogP contribution >= 0.6 is 24.4 Å². The van der Waals surface area contributed by atoms with Gasteiger partial charge in [-0.05, 0) is 44.9 Å². The van der Waals surface area contributed by atoms with E-state index >= 15 is 0 Å². The summed E-state index contributed by atoms with van der Waals surface area (Å²) in [6.07, 6.45) is 13.2. The zero-order chi connectivity index (χ0) is 13.6. The molecule has 0 saturated heterocycles. The average Bonchev–Trinajstić information content (AvgIpc) is 2.38. The van der Waals surface area contributed by atoms with E-state index in [1.807, 2.05) is 11.8 Å². The molecule has 0 rings (SSSR count). The van der Waals surface area contributed by atoms with E-state index in [9.17, 15) is 0 Å². The molecule has 0 N–H and O–H groups in total. The van der Waals surface area contributed by atoms with Crippen molar-refractivity contribution in [2.45, 2.75) is 64.3 Å². The molecular formula is C15H33NS2. The fourth-order valence-corrected chi connectivity index (χ4v) is 3.39. The molecule has 0 saturated carbocycles. The number of rotatable bonds is 13. The van der Waals surface area contributed by atoms with E-state index < -0.39 is 0 Å². The van der Waals surface area contributed by atoms with Gasteiger partial charge in [0.1, 0.15) is 0 Å². The van der Waals surface area contributed by atoms with Crippen LogP contribution in [0, 0.1) is 0 Å². The molecule has 0 spiro atoms. The van der Waals surface area contributed by atoms with Gasteiger partial charge in [-0.1, -0.05) is 39.0 Å². The second-order valence-electron chi connectivity index (χ2n) is 5.20. The molecule has 0 fully saturated rings. The number of thiol groups is 1. The van der Waals surface area contributed by atoms with Gasteiger partial charge in [-0.15, -0.1) is 0 Å². The highest BCUT2D eigenvalue weighted by atomic mass is 32.2. The first-order valence-electron chi connectivity index (χ1n) is 7.56. The van der Waals surface area contributed by atoms with Crippen LogP contribution in [0.5, 0.6) is 0 Å². The molecule has 0 amide bonds. The normalized spacial score (nSPS) is 13.2. The molecule has 3 heteroatoms. The van der Waals surface area contributed by atoms with E-state index in [0.717, 1.165) is 11.8 Å². The molecule has 1 atom stereocenters. The Kier molecular flexibility index (Phi) is 14.6. The molecule has 110 valence electrons. The van der Waals surface area contributed by atoms with Crippen molar-refractivity contribution < 1.29 is 0 Å². The summed E-state index contributed by atoms with van der Waals surface area (Å²) in [7, 11) is 2.29. The quantitative estimate of drug-likeness (QED) is 0.386. The Morgan fingerprint density at radius 3 is 2.06 bits per heavy atom. The van der Waals surface area contributed by atoms with Crippen LogP contribution in [0.1, 0.15) is 58.3 Å². The van der Waals surface area contributed by atoms with Crippen molar-refractivity contribution >= 4 is 24.4 Å². The molecule has 18 heavy (non-hydrogen) atoms. The van der Waals surface area contributed by atoms with E-state index in [1.165, 1.54) is 63.7 Å². The predicted octanol–water partition coefficient (Wildman–Crippen LogP) is 4.72. The van der Waals surface area contributed by atoms with Crippen LogP contribution in [0.2, 0.25) is 0 Å². The third kappa shape index (κ3) is 10.6. The lowest BCUT2D eigenvalue weighted by Crippen LogP contribution is -2.33. The van der Waals surface area contributed by atoms with Crippen LogP contribution in [0.25, 0.3) is 0 Å². The first kappa shape index (κ1) is 18.7. The third-order valence-electron chi connectivity index (χ3n) is 3.62. The van der Waals surface area contributed by atoms with Crippen molar-refractivity contribution in [2.24, 2.45) is 0 Å². The van der Waals surface area contributed by atoms with Gasteiger partial charge in [-0.2, -0.15) is 24.4 Å². The molecule has 0 aromatic carbocycles. The molecule has 0 heterocycles. The van der Waals surface area contributed by atoms with Crippen LogP contribution in [0.3, 0.4) is 0 Å². The highest BCUT2D eigenvalue weighted by Gasteiger charge is 2.10. The molecule has 0 aliphatic heterocycles. The molecule has 0 radical (unpaired) electrons. The summed E-state index contributed by atoms with van der Waals surface area (Å²) in [5, 5.41) is 0. The Hall–Kier alpha value is 0.660. The van der Waals surface area contributed by atoms with Gasteiger partial charge < -0.3 is 4.90 Å². The van der Waals surface area contributed by atoms with Crippen molar-refractivity contribution in [1.29, 1.82) is 0 Å². The number of thioether (sulfide) groups is 1. The number of unbranched alkanes of at least 4 members (excludes halogenated alkanes) is 6. The van der Waals surface area contributed by atoms with Gasteiger partial charge in [0.05, 0.1) is 0 Å². The minimum Gasteiger partial charge on any atom is -0.303 e. The lowest BCUT2D eigenvalue weighted by molar-refractivity contribution is 0.250. The van der Waals surface area contributed by atoms with E-state index in [4.69, 9.17) is 0 Å². The van der Waals surface area contributed by atoms with Gasteiger partial charge in [-0.25, -0.2) is 0 Å². The lowest BCUT2D eigenvalue weighted by atomic mass is 10.1. The highest BCUT2D eigenvalue weighted by molar-refractivity contribution is 7.98. The summed E-state index contributed by atoms with van der Waals surface area (Å²) < 4.78 is 0. The molecule has 1 unspecified atom stereocenters. The van der Waals surface area contributed by atoms with Crippen molar-refractivity contribution in [3.05, 3.63) is 0 Å². The van der Waals surface area contributed by atoms with Gasteiger partial charge in [0, 0.05) is 11.8 Å². The predicted molar refractivity (Wildman–Crippen MR) is 91.3 cm³/mol. The molecule has 0 aliphatic rings. The molecule has 0 aromatic heterocycles. The van der Waals surface area contributed by atoms with E-state index in [-0.39, 0.29) is 0 Å². The standard InChI is InChI=1S/C15H33NS2/c1-4-15(14-18-3)16(2)12-10-8-6-5-7-9-11-13-17/h15,17H,4-14H2,1-3H3. The first-order chi connectivity index (χ1) is 8.76. The summed E-state index contributed by atoms with van der Waals surface area (Å²) in [5.74, 6) is 2.33. The number of hydrogen-bond donors (Lipinski definition) is 1. The summed E-state index contributed by atoms with van der Waals surface area (Å²) >= 11 is 6.21. The van der Waals surface area contributed by atoms with Gasteiger partial charge in [0.25, 0.3) is 0 Å². The van der Waals surface area contributed by atoms with Crippen molar-refractivity contribution in [2.75, 3.05) is 31.4 Å². The summed E-state index contributed by atoms with van der Waals surface area (Å²) in [6, 6.07) is 0.774. The van der Waals surface area contributed by atoms with Gasteiger partial charge >= 0.3 is 0 Å². The monoisotopic (exact) mass is 291 g/mol. The average molecular weight is 292 g/mol. The smallest absolute Gasteiger partial charge is 0.0180 e. The second-order valence-corrected chi connectivity index (χ2v) is 6.55. The van der Waals surface area contributed by atoms with E-state index in [0.29, 0.717) is 0 Å². The maximum Gasteiger partial charge on any atom is 0.0180 e. The van der Waals surface area contributed by atoms with Crippen molar-refractivity contribution in [1.82, 2.24) is 4.90 Å². The molecule has 0 bridgehead atoms. The zero-order valence-corrected chi connectivity index (χ0v) is 14.4. The summed E-state index contributed by atoms with van der Waals surface area (Å²) in [5.41, 5.74) is 0. The maximum absolute atomic E-state index is 4.24.